The molecule has 1 aliphatic heterocycles. The largest absolute Gasteiger partial charge is 0.384 e. The van der Waals surface area contributed by atoms with Crippen molar-refractivity contribution in [3.05, 3.63) is 30.1 Å². The van der Waals surface area contributed by atoms with Crippen LogP contribution in [0, 0.1) is 5.82 Å². The SMILES string of the molecule is Fc1ccc(NCCN2CCNCC2)cc1. The molecule has 1 heterocycles. The summed E-state index contributed by atoms with van der Waals surface area (Å²) in [6.45, 7) is 6.34. The van der Waals surface area contributed by atoms with Crippen LogP contribution < -0.4 is 10.6 Å². The van der Waals surface area contributed by atoms with E-state index in [4.69, 9.17) is 0 Å². The van der Waals surface area contributed by atoms with Gasteiger partial charge in [0.1, 0.15) is 5.82 Å². The number of piperazine rings is 1. The molecular weight excluding hydrogens is 205 g/mol. The molecule has 0 unspecified atom stereocenters. The van der Waals surface area contributed by atoms with Crippen LogP contribution in [-0.4, -0.2) is 44.2 Å². The number of hydrogen-bond donors (Lipinski definition) is 2. The summed E-state index contributed by atoms with van der Waals surface area (Å²) in [5.74, 6) is -0.187. The van der Waals surface area contributed by atoms with Gasteiger partial charge in [0.05, 0.1) is 0 Å². The van der Waals surface area contributed by atoms with E-state index in [1.165, 1.54) is 12.1 Å². The second kappa shape index (κ2) is 5.82. The summed E-state index contributed by atoms with van der Waals surface area (Å²) in [5, 5.41) is 6.62. The summed E-state index contributed by atoms with van der Waals surface area (Å²) in [6.07, 6.45) is 0. The summed E-state index contributed by atoms with van der Waals surface area (Å²) in [4.78, 5) is 2.42. The Morgan fingerprint density at radius 2 is 1.88 bits per heavy atom. The van der Waals surface area contributed by atoms with Crippen molar-refractivity contribution in [1.29, 1.82) is 0 Å². The highest BCUT2D eigenvalue weighted by Crippen LogP contribution is 2.07. The molecule has 2 rings (SSSR count). The maximum absolute atomic E-state index is 12.7. The van der Waals surface area contributed by atoms with Crippen LogP contribution in [0.25, 0.3) is 0 Å². The lowest BCUT2D eigenvalue weighted by molar-refractivity contribution is 0.249. The number of anilines is 1. The van der Waals surface area contributed by atoms with E-state index in [0.717, 1.165) is 45.0 Å². The molecule has 88 valence electrons. The first-order valence-electron chi connectivity index (χ1n) is 5.77. The Labute approximate surface area is 95.6 Å². The highest BCUT2D eigenvalue weighted by atomic mass is 19.1. The van der Waals surface area contributed by atoms with Gasteiger partial charge in [0, 0.05) is 45.0 Å². The molecule has 1 aromatic rings. The zero-order valence-electron chi connectivity index (χ0n) is 9.38. The van der Waals surface area contributed by atoms with E-state index in [1.54, 1.807) is 12.1 Å². The molecule has 1 fully saturated rings. The summed E-state index contributed by atoms with van der Waals surface area (Å²) in [7, 11) is 0. The van der Waals surface area contributed by atoms with Crippen molar-refractivity contribution in [2.24, 2.45) is 0 Å². The van der Waals surface area contributed by atoms with E-state index < -0.39 is 0 Å². The van der Waals surface area contributed by atoms with Crippen LogP contribution in [0.2, 0.25) is 0 Å². The van der Waals surface area contributed by atoms with Gasteiger partial charge in [-0.05, 0) is 24.3 Å². The van der Waals surface area contributed by atoms with Gasteiger partial charge in [-0.2, -0.15) is 0 Å². The Morgan fingerprint density at radius 3 is 2.56 bits per heavy atom. The van der Waals surface area contributed by atoms with Gasteiger partial charge in [-0.3, -0.25) is 4.90 Å². The molecule has 1 saturated heterocycles. The first-order valence-corrected chi connectivity index (χ1v) is 5.77. The molecule has 0 aliphatic carbocycles. The molecule has 0 amide bonds. The quantitative estimate of drug-likeness (QED) is 0.801. The number of benzene rings is 1. The van der Waals surface area contributed by atoms with Gasteiger partial charge in [-0.1, -0.05) is 0 Å². The Morgan fingerprint density at radius 1 is 1.19 bits per heavy atom. The molecule has 0 saturated carbocycles. The first-order chi connectivity index (χ1) is 7.84. The fraction of sp³-hybridized carbons (Fsp3) is 0.500. The van der Waals surface area contributed by atoms with E-state index in [1.807, 2.05) is 0 Å². The molecule has 3 nitrogen and oxygen atoms in total. The molecule has 0 radical (unpaired) electrons. The zero-order valence-corrected chi connectivity index (χ0v) is 9.38. The third kappa shape index (κ3) is 3.47. The van der Waals surface area contributed by atoms with Crippen molar-refractivity contribution < 1.29 is 4.39 Å². The molecular formula is C12H18FN3. The summed E-state index contributed by atoms with van der Waals surface area (Å²) < 4.78 is 12.7. The third-order valence-corrected chi connectivity index (χ3v) is 2.81. The number of hydrogen-bond acceptors (Lipinski definition) is 3. The smallest absolute Gasteiger partial charge is 0.123 e. The summed E-state index contributed by atoms with van der Waals surface area (Å²) in [5.41, 5.74) is 0.983. The van der Waals surface area contributed by atoms with Gasteiger partial charge in [-0.15, -0.1) is 0 Å². The molecule has 16 heavy (non-hydrogen) atoms. The molecule has 1 aromatic carbocycles. The highest BCUT2D eigenvalue weighted by molar-refractivity contribution is 5.42. The zero-order chi connectivity index (χ0) is 11.2. The minimum Gasteiger partial charge on any atom is -0.384 e. The van der Waals surface area contributed by atoms with Crippen molar-refractivity contribution >= 4 is 5.69 Å². The highest BCUT2D eigenvalue weighted by Gasteiger charge is 2.07. The van der Waals surface area contributed by atoms with Gasteiger partial charge in [0.2, 0.25) is 0 Å². The normalized spacial score (nSPS) is 17.3. The van der Waals surface area contributed by atoms with Gasteiger partial charge >= 0.3 is 0 Å². The number of nitrogens with zero attached hydrogens (tertiary/aromatic N) is 1. The number of halogens is 1. The van der Waals surface area contributed by atoms with Crippen molar-refractivity contribution in [1.82, 2.24) is 10.2 Å². The van der Waals surface area contributed by atoms with Crippen LogP contribution in [0.5, 0.6) is 0 Å². The van der Waals surface area contributed by atoms with Crippen molar-refractivity contribution in [2.45, 2.75) is 0 Å². The van der Waals surface area contributed by atoms with E-state index in [2.05, 4.69) is 15.5 Å². The van der Waals surface area contributed by atoms with Crippen LogP contribution in [0.15, 0.2) is 24.3 Å². The van der Waals surface area contributed by atoms with E-state index >= 15 is 0 Å². The number of rotatable bonds is 4. The van der Waals surface area contributed by atoms with Crippen LogP contribution in [0.1, 0.15) is 0 Å². The molecule has 2 N–H and O–H groups in total. The monoisotopic (exact) mass is 223 g/mol. The fourth-order valence-electron chi connectivity index (χ4n) is 1.86. The Hall–Kier alpha value is -1.13. The standard InChI is InChI=1S/C12H18FN3/c13-11-1-3-12(4-2-11)15-7-10-16-8-5-14-6-9-16/h1-4,14-15H,5-10H2. The number of nitrogens with one attached hydrogen (secondary N) is 2. The Balaban J connectivity index is 1.69. The topological polar surface area (TPSA) is 27.3 Å². The van der Waals surface area contributed by atoms with Crippen molar-refractivity contribution in [3.8, 4) is 0 Å². The molecule has 0 aromatic heterocycles. The van der Waals surface area contributed by atoms with E-state index in [9.17, 15) is 4.39 Å². The van der Waals surface area contributed by atoms with Crippen LogP contribution in [0.3, 0.4) is 0 Å². The van der Waals surface area contributed by atoms with Crippen LogP contribution in [-0.2, 0) is 0 Å². The average Bonchev–Trinajstić information content (AvgIpc) is 2.33. The minimum atomic E-state index is -0.187. The Bertz CT molecular complexity index is 307. The molecule has 0 atom stereocenters. The van der Waals surface area contributed by atoms with Gasteiger partial charge in [0.25, 0.3) is 0 Å². The average molecular weight is 223 g/mol. The van der Waals surface area contributed by atoms with Crippen molar-refractivity contribution in [2.75, 3.05) is 44.6 Å². The second-order valence-corrected chi connectivity index (χ2v) is 4.03. The lowest BCUT2D eigenvalue weighted by Gasteiger charge is -2.27. The molecule has 0 bridgehead atoms. The van der Waals surface area contributed by atoms with E-state index in [-0.39, 0.29) is 5.82 Å². The first kappa shape index (κ1) is 11.4. The Kier molecular flexibility index (Phi) is 4.13. The van der Waals surface area contributed by atoms with E-state index in [0.29, 0.717) is 0 Å². The van der Waals surface area contributed by atoms with Gasteiger partial charge < -0.3 is 10.6 Å². The maximum Gasteiger partial charge on any atom is 0.123 e. The lowest BCUT2D eigenvalue weighted by Crippen LogP contribution is -2.45. The minimum absolute atomic E-state index is 0.187. The van der Waals surface area contributed by atoms with Crippen LogP contribution >= 0.6 is 0 Å². The van der Waals surface area contributed by atoms with Crippen molar-refractivity contribution in [3.63, 3.8) is 0 Å². The maximum atomic E-state index is 12.7. The summed E-state index contributed by atoms with van der Waals surface area (Å²) in [6, 6.07) is 6.50. The fourth-order valence-corrected chi connectivity index (χ4v) is 1.86. The molecule has 1 aliphatic rings. The second-order valence-electron chi connectivity index (χ2n) is 4.03. The molecule has 4 heteroatoms. The molecule has 0 spiro atoms. The van der Waals surface area contributed by atoms with Crippen LogP contribution in [0.4, 0.5) is 10.1 Å². The summed E-state index contributed by atoms with van der Waals surface area (Å²) >= 11 is 0. The predicted octanol–water partition coefficient (Wildman–Crippen LogP) is 1.14. The lowest BCUT2D eigenvalue weighted by atomic mass is 10.3. The predicted molar refractivity (Wildman–Crippen MR) is 64.2 cm³/mol. The van der Waals surface area contributed by atoms with Gasteiger partial charge in [-0.25, -0.2) is 4.39 Å². The third-order valence-electron chi connectivity index (χ3n) is 2.81. The van der Waals surface area contributed by atoms with Gasteiger partial charge in [0.15, 0.2) is 0 Å².